The highest BCUT2D eigenvalue weighted by molar-refractivity contribution is 14.1. The van der Waals surface area contributed by atoms with Crippen molar-refractivity contribution in [3.05, 3.63) is 32.4 Å². The molecule has 0 bridgehead atoms. The smallest absolute Gasteiger partial charge is 0.0587 e. The lowest BCUT2D eigenvalue weighted by Crippen LogP contribution is -2.27. The van der Waals surface area contributed by atoms with Crippen molar-refractivity contribution in [1.82, 2.24) is 5.32 Å². The predicted octanol–water partition coefficient (Wildman–Crippen LogP) is 3.76. The van der Waals surface area contributed by atoms with E-state index in [1.807, 2.05) is 0 Å². The summed E-state index contributed by atoms with van der Waals surface area (Å²) in [6.07, 6.45) is 3.80. The van der Waals surface area contributed by atoms with Crippen molar-refractivity contribution in [3.8, 4) is 0 Å². The summed E-state index contributed by atoms with van der Waals surface area (Å²) < 4.78 is 1.15. The van der Waals surface area contributed by atoms with Gasteiger partial charge in [0, 0.05) is 9.61 Å². The van der Waals surface area contributed by atoms with Gasteiger partial charge in [-0.25, -0.2) is 0 Å². The van der Waals surface area contributed by atoms with E-state index in [1.165, 1.54) is 24.8 Å². The van der Waals surface area contributed by atoms with Crippen molar-refractivity contribution in [1.29, 1.82) is 0 Å². The highest BCUT2D eigenvalue weighted by Crippen LogP contribution is 2.31. The average Bonchev–Trinajstić information content (AvgIpc) is 2.23. The molecule has 1 aliphatic heterocycles. The minimum Gasteiger partial charge on any atom is -0.310 e. The van der Waals surface area contributed by atoms with E-state index >= 15 is 0 Å². The largest absolute Gasteiger partial charge is 0.310 e. The molecule has 2 rings (SSSR count). The predicted molar refractivity (Wildman–Crippen MR) is 68.8 cm³/mol. The Morgan fingerprint density at radius 1 is 1.36 bits per heavy atom. The van der Waals surface area contributed by atoms with Crippen LogP contribution in [0.4, 0.5) is 0 Å². The van der Waals surface area contributed by atoms with Crippen LogP contribution in [0.25, 0.3) is 0 Å². The SMILES string of the molecule is Clc1c(I)cccc1[C@@H]1CCCCN1. The number of rotatable bonds is 1. The van der Waals surface area contributed by atoms with Crippen LogP contribution < -0.4 is 5.32 Å². The van der Waals surface area contributed by atoms with E-state index in [-0.39, 0.29) is 0 Å². The first kappa shape index (κ1) is 10.7. The Morgan fingerprint density at radius 3 is 2.93 bits per heavy atom. The van der Waals surface area contributed by atoms with Crippen molar-refractivity contribution in [3.63, 3.8) is 0 Å². The van der Waals surface area contributed by atoms with Crippen molar-refractivity contribution < 1.29 is 0 Å². The lowest BCUT2D eigenvalue weighted by molar-refractivity contribution is 0.412. The first-order valence-electron chi connectivity index (χ1n) is 4.96. The first-order chi connectivity index (χ1) is 6.79. The van der Waals surface area contributed by atoms with Crippen LogP contribution in [-0.2, 0) is 0 Å². The zero-order valence-corrected chi connectivity index (χ0v) is 10.8. The third kappa shape index (κ3) is 2.23. The lowest BCUT2D eigenvalue weighted by Gasteiger charge is -2.24. The summed E-state index contributed by atoms with van der Waals surface area (Å²) >= 11 is 8.57. The van der Waals surface area contributed by atoms with Crippen LogP contribution >= 0.6 is 34.2 Å². The van der Waals surface area contributed by atoms with Crippen LogP contribution in [0.2, 0.25) is 5.02 Å². The summed E-state index contributed by atoms with van der Waals surface area (Å²) in [7, 11) is 0. The minimum atomic E-state index is 0.464. The molecule has 1 N–H and O–H groups in total. The van der Waals surface area contributed by atoms with Gasteiger partial charge in [-0.2, -0.15) is 0 Å². The van der Waals surface area contributed by atoms with Gasteiger partial charge in [0.25, 0.3) is 0 Å². The van der Waals surface area contributed by atoms with Gasteiger partial charge < -0.3 is 5.32 Å². The van der Waals surface area contributed by atoms with Crippen molar-refractivity contribution >= 4 is 34.2 Å². The van der Waals surface area contributed by atoms with Gasteiger partial charge in [-0.15, -0.1) is 0 Å². The summed E-state index contributed by atoms with van der Waals surface area (Å²) in [5.41, 5.74) is 1.26. The molecular weight excluding hydrogens is 308 g/mol. The maximum absolute atomic E-state index is 6.28. The van der Waals surface area contributed by atoms with Gasteiger partial charge in [0.1, 0.15) is 0 Å². The number of hydrogen-bond acceptors (Lipinski definition) is 1. The van der Waals surface area contributed by atoms with E-state index in [1.54, 1.807) is 0 Å². The van der Waals surface area contributed by atoms with Gasteiger partial charge in [0.05, 0.1) is 5.02 Å². The van der Waals surface area contributed by atoms with Gasteiger partial charge in [-0.1, -0.05) is 30.2 Å². The molecule has 1 heterocycles. The van der Waals surface area contributed by atoms with E-state index in [4.69, 9.17) is 11.6 Å². The fourth-order valence-electron chi connectivity index (χ4n) is 1.91. The molecule has 1 aromatic rings. The summed E-state index contributed by atoms with van der Waals surface area (Å²) in [5.74, 6) is 0. The Morgan fingerprint density at radius 2 is 2.21 bits per heavy atom. The first-order valence-corrected chi connectivity index (χ1v) is 6.42. The van der Waals surface area contributed by atoms with Crippen LogP contribution in [0.5, 0.6) is 0 Å². The molecule has 1 saturated heterocycles. The quantitative estimate of drug-likeness (QED) is 0.777. The Labute approximate surface area is 103 Å². The number of piperidine rings is 1. The van der Waals surface area contributed by atoms with E-state index in [2.05, 4.69) is 46.1 Å². The fraction of sp³-hybridized carbons (Fsp3) is 0.455. The molecule has 76 valence electrons. The second-order valence-electron chi connectivity index (χ2n) is 3.65. The zero-order valence-electron chi connectivity index (χ0n) is 7.89. The monoisotopic (exact) mass is 321 g/mol. The standard InChI is InChI=1S/C11H13ClIN/c12-11-8(4-3-5-9(11)13)10-6-1-2-7-14-10/h3-5,10,14H,1-2,6-7H2/t10-/m0/s1. The summed E-state index contributed by atoms with van der Waals surface area (Å²) in [6.45, 7) is 1.12. The minimum absolute atomic E-state index is 0.464. The second kappa shape index (κ2) is 4.81. The molecular formula is C11H13ClIN. The molecule has 1 atom stereocenters. The molecule has 3 heteroatoms. The second-order valence-corrected chi connectivity index (χ2v) is 5.19. The summed E-state index contributed by atoms with van der Waals surface area (Å²) in [5, 5.41) is 4.44. The van der Waals surface area contributed by atoms with Crippen LogP contribution in [0.3, 0.4) is 0 Å². The Hall–Kier alpha value is 0.200. The van der Waals surface area contributed by atoms with E-state index in [0.717, 1.165) is 15.1 Å². The fourth-order valence-corrected chi connectivity index (χ4v) is 2.68. The molecule has 0 aliphatic carbocycles. The normalized spacial score (nSPS) is 22.3. The molecule has 1 aliphatic rings. The average molecular weight is 322 g/mol. The number of benzene rings is 1. The van der Waals surface area contributed by atoms with E-state index in [0.29, 0.717) is 6.04 Å². The number of nitrogens with one attached hydrogen (secondary N) is 1. The van der Waals surface area contributed by atoms with Gasteiger partial charge in [-0.05, 0) is 53.6 Å². The van der Waals surface area contributed by atoms with Crippen molar-refractivity contribution in [2.45, 2.75) is 25.3 Å². The van der Waals surface area contributed by atoms with Crippen LogP contribution in [0.15, 0.2) is 18.2 Å². The van der Waals surface area contributed by atoms with Gasteiger partial charge in [0.2, 0.25) is 0 Å². The molecule has 1 fully saturated rings. The zero-order chi connectivity index (χ0) is 9.97. The Kier molecular flexibility index (Phi) is 3.68. The molecule has 0 saturated carbocycles. The molecule has 0 unspecified atom stereocenters. The van der Waals surface area contributed by atoms with E-state index in [9.17, 15) is 0 Å². The van der Waals surface area contributed by atoms with Gasteiger partial charge >= 0.3 is 0 Å². The maximum atomic E-state index is 6.28. The molecule has 1 aromatic carbocycles. The topological polar surface area (TPSA) is 12.0 Å². The molecule has 0 spiro atoms. The lowest BCUT2D eigenvalue weighted by atomic mass is 9.98. The molecule has 14 heavy (non-hydrogen) atoms. The summed E-state index contributed by atoms with van der Waals surface area (Å²) in [4.78, 5) is 0. The molecule has 0 radical (unpaired) electrons. The maximum Gasteiger partial charge on any atom is 0.0587 e. The molecule has 0 amide bonds. The van der Waals surface area contributed by atoms with Gasteiger partial charge in [0.15, 0.2) is 0 Å². The van der Waals surface area contributed by atoms with Crippen molar-refractivity contribution in [2.75, 3.05) is 6.54 Å². The highest BCUT2D eigenvalue weighted by atomic mass is 127. The number of hydrogen-bond donors (Lipinski definition) is 1. The van der Waals surface area contributed by atoms with Crippen LogP contribution in [-0.4, -0.2) is 6.54 Å². The Balaban J connectivity index is 2.26. The highest BCUT2D eigenvalue weighted by Gasteiger charge is 2.17. The number of halogens is 2. The molecule has 1 nitrogen and oxygen atoms in total. The van der Waals surface area contributed by atoms with E-state index < -0.39 is 0 Å². The van der Waals surface area contributed by atoms with Crippen LogP contribution in [0.1, 0.15) is 30.9 Å². The molecule has 0 aromatic heterocycles. The third-order valence-electron chi connectivity index (χ3n) is 2.67. The van der Waals surface area contributed by atoms with Crippen molar-refractivity contribution in [2.24, 2.45) is 0 Å². The Bertz CT molecular complexity index is 321. The third-order valence-corrected chi connectivity index (χ3v) is 4.31. The summed E-state index contributed by atoms with van der Waals surface area (Å²) in [6, 6.07) is 6.73. The van der Waals surface area contributed by atoms with Gasteiger partial charge in [-0.3, -0.25) is 0 Å². The van der Waals surface area contributed by atoms with Crippen LogP contribution in [0, 0.1) is 3.57 Å².